The molecule has 0 aromatic rings. The largest absolute Gasteiger partial charge is 0.337 e. The van der Waals surface area contributed by atoms with E-state index in [-0.39, 0.29) is 18.5 Å². The number of carbonyl (C=O) groups excluding carboxylic acids is 2. The molecule has 0 saturated carbocycles. The summed E-state index contributed by atoms with van der Waals surface area (Å²) < 4.78 is 1.18. The monoisotopic (exact) mass is 174 g/mol. The molecule has 0 aliphatic carbocycles. The molecule has 0 bridgehead atoms. The number of hydrogen-bond donors (Lipinski definition) is 0. The highest BCUT2D eigenvalue weighted by molar-refractivity contribution is 7.97. The van der Waals surface area contributed by atoms with Gasteiger partial charge < -0.3 is 4.90 Å². The standard InChI is InChI=1S/C6H10N2O2S/c1-3-7-4-5(9)8(11-2)6(7)10/h3-4H2,1-2H3. The summed E-state index contributed by atoms with van der Waals surface area (Å²) in [6.45, 7) is 2.69. The number of hydrogen-bond acceptors (Lipinski definition) is 3. The van der Waals surface area contributed by atoms with Crippen molar-refractivity contribution in [3.8, 4) is 0 Å². The summed E-state index contributed by atoms with van der Waals surface area (Å²) in [6, 6.07) is -0.190. The first-order valence-corrected chi connectivity index (χ1v) is 4.54. The first kappa shape index (κ1) is 8.39. The summed E-state index contributed by atoms with van der Waals surface area (Å²) in [4.78, 5) is 23.7. The summed E-state index contributed by atoms with van der Waals surface area (Å²) >= 11 is 1.16. The van der Waals surface area contributed by atoms with Gasteiger partial charge in [-0.15, -0.1) is 0 Å². The van der Waals surface area contributed by atoms with E-state index in [2.05, 4.69) is 0 Å². The Morgan fingerprint density at radius 2 is 2.18 bits per heavy atom. The minimum Gasteiger partial charge on any atom is -0.314 e. The molecule has 5 heteroatoms. The van der Waals surface area contributed by atoms with Crippen LogP contribution in [-0.4, -0.2) is 40.5 Å². The van der Waals surface area contributed by atoms with Crippen LogP contribution in [0, 0.1) is 0 Å². The molecule has 4 nitrogen and oxygen atoms in total. The Labute approximate surface area is 69.7 Å². The van der Waals surface area contributed by atoms with Crippen molar-refractivity contribution in [1.29, 1.82) is 0 Å². The molecule has 0 spiro atoms. The van der Waals surface area contributed by atoms with Gasteiger partial charge in [0.1, 0.15) is 6.54 Å². The van der Waals surface area contributed by atoms with E-state index < -0.39 is 0 Å². The number of imide groups is 1. The molecule has 3 amide bonds. The molecule has 0 unspecified atom stereocenters. The predicted octanol–water partition coefficient (Wildman–Crippen LogP) is 0.548. The highest BCUT2D eigenvalue weighted by atomic mass is 32.2. The minimum absolute atomic E-state index is 0.121. The predicted molar refractivity (Wildman–Crippen MR) is 43.0 cm³/mol. The summed E-state index contributed by atoms with van der Waals surface area (Å²) in [5, 5.41) is 0. The van der Waals surface area contributed by atoms with Gasteiger partial charge in [-0.3, -0.25) is 4.79 Å². The average Bonchev–Trinajstić information content (AvgIpc) is 2.26. The topological polar surface area (TPSA) is 40.6 Å². The fourth-order valence-electron chi connectivity index (χ4n) is 0.957. The van der Waals surface area contributed by atoms with Gasteiger partial charge in [-0.2, -0.15) is 0 Å². The van der Waals surface area contributed by atoms with Gasteiger partial charge in [0.15, 0.2) is 0 Å². The van der Waals surface area contributed by atoms with Crippen LogP contribution in [0.3, 0.4) is 0 Å². The SMILES string of the molecule is CCN1CC(=O)N(SC)C1=O. The zero-order valence-electron chi connectivity index (χ0n) is 6.53. The molecule has 1 fully saturated rings. The fraction of sp³-hybridized carbons (Fsp3) is 0.667. The van der Waals surface area contributed by atoms with Gasteiger partial charge in [0.2, 0.25) is 0 Å². The van der Waals surface area contributed by atoms with Crippen molar-refractivity contribution in [2.75, 3.05) is 19.3 Å². The first-order chi connectivity index (χ1) is 5.20. The van der Waals surface area contributed by atoms with Gasteiger partial charge in [0.25, 0.3) is 5.91 Å². The molecule has 0 N–H and O–H groups in total. The van der Waals surface area contributed by atoms with Crippen LogP contribution in [0.25, 0.3) is 0 Å². The maximum atomic E-state index is 11.2. The summed E-state index contributed by atoms with van der Waals surface area (Å²) in [6.07, 6.45) is 1.72. The van der Waals surface area contributed by atoms with Gasteiger partial charge >= 0.3 is 6.03 Å². The van der Waals surface area contributed by atoms with Crippen LogP contribution in [0.1, 0.15) is 6.92 Å². The zero-order chi connectivity index (χ0) is 8.43. The van der Waals surface area contributed by atoms with Crippen molar-refractivity contribution in [3.63, 3.8) is 0 Å². The first-order valence-electron chi connectivity index (χ1n) is 3.36. The molecule has 0 radical (unpaired) electrons. The van der Waals surface area contributed by atoms with Crippen LogP contribution < -0.4 is 0 Å². The van der Waals surface area contributed by atoms with Crippen LogP contribution in [0.15, 0.2) is 0 Å². The van der Waals surface area contributed by atoms with Crippen LogP contribution in [0.4, 0.5) is 4.79 Å². The molecule has 0 aromatic carbocycles. The van der Waals surface area contributed by atoms with E-state index >= 15 is 0 Å². The maximum Gasteiger partial charge on any atom is 0.337 e. The Balaban J connectivity index is 2.71. The normalized spacial score (nSPS) is 18.4. The van der Waals surface area contributed by atoms with Gasteiger partial charge in [-0.1, -0.05) is 0 Å². The second-order valence-corrected chi connectivity index (χ2v) is 2.90. The van der Waals surface area contributed by atoms with Crippen LogP contribution in [0.2, 0.25) is 0 Å². The third kappa shape index (κ3) is 1.33. The molecule has 1 aliphatic rings. The van der Waals surface area contributed by atoms with Crippen molar-refractivity contribution in [2.45, 2.75) is 6.92 Å². The number of urea groups is 1. The van der Waals surface area contributed by atoms with E-state index in [9.17, 15) is 9.59 Å². The number of nitrogens with zero attached hydrogens (tertiary/aromatic N) is 2. The lowest BCUT2D eigenvalue weighted by Gasteiger charge is -2.11. The van der Waals surface area contributed by atoms with E-state index in [4.69, 9.17) is 0 Å². The van der Waals surface area contributed by atoms with Crippen LogP contribution in [-0.2, 0) is 4.79 Å². The molecule has 1 saturated heterocycles. The summed E-state index contributed by atoms with van der Waals surface area (Å²) in [5.74, 6) is -0.121. The molecule has 0 atom stereocenters. The van der Waals surface area contributed by atoms with Crippen molar-refractivity contribution >= 4 is 23.9 Å². The Bertz CT molecular complexity index is 195. The highest BCUT2D eigenvalue weighted by Gasteiger charge is 2.34. The van der Waals surface area contributed by atoms with Gasteiger partial charge in [0.05, 0.1) is 0 Å². The molecule has 1 aliphatic heterocycles. The number of rotatable bonds is 2. The molecule has 1 heterocycles. The molecule has 11 heavy (non-hydrogen) atoms. The lowest BCUT2D eigenvalue weighted by atomic mass is 10.6. The van der Waals surface area contributed by atoms with Crippen molar-refractivity contribution in [3.05, 3.63) is 0 Å². The van der Waals surface area contributed by atoms with Crippen LogP contribution in [0.5, 0.6) is 0 Å². The lowest BCUT2D eigenvalue weighted by Crippen LogP contribution is -2.27. The second kappa shape index (κ2) is 3.13. The maximum absolute atomic E-state index is 11.2. The Hall–Kier alpha value is -0.710. The Morgan fingerprint density at radius 3 is 2.45 bits per heavy atom. The van der Waals surface area contributed by atoms with E-state index in [0.717, 1.165) is 11.9 Å². The Kier molecular flexibility index (Phi) is 2.38. The lowest BCUT2D eigenvalue weighted by molar-refractivity contribution is -0.121. The van der Waals surface area contributed by atoms with Crippen molar-refractivity contribution in [1.82, 2.24) is 9.21 Å². The third-order valence-electron chi connectivity index (χ3n) is 1.56. The molecule has 0 aromatic heterocycles. The van der Waals surface area contributed by atoms with E-state index in [1.165, 1.54) is 9.21 Å². The van der Waals surface area contributed by atoms with Gasteiger partial charge in [-0.25, -0.2) is 9.10 Å². The van der Waals surface area contributed by atoms with Gasteiger partial charge in [-0.05, 0) is 18.9 Å². The van der Waals surface area contributed by atoms with E-state index in [1.807, 2.05) is 6.92 Å². The zero-order valence-corrected chi connectivity index (χ0v) is 7.35. The number of likely N-dealkylation sites (N-methyl/N-ethyl adjacent to an activating group) is 1. The summed E-state index contributed by atoms with van der Waals surface area (Å²) in [7, 11) is 0. The highest BCUT2D eigenvalue weighted by Crippen LogP contribution is 2.16. The van der Waals surface area contributed by atoms with E-state index in [0.29, 0.717) is 6.54 Å². The molecular formula is C6H10N2O2S. The van der Waals surface area contributed by atoms with E-state index in [1.54, 1.807) is 6.26 Å². The molecule has 62 valence electrons. The minimum atomic E-state index is -0.190. The van der Waals surface area contributed by atoms with Crippen LogP contribution >= 0.6 is 11.9 Å². The average molecular weight is 174 g/mol. The summed E-state index contributed by atoms with van der Waals surface area (Å²) in [5.41, 5.74) is 0. The molecular weight excluding hydrogens is 164 g/mol. The molecule has 1 rings (SSSR count). The smallest absolute Gasteiger partial charge is 0.314 e. The number of carbonyl (C=O) groups is 2. The van der Waals surface area contributed by atoms with Crippen molar-refractivity contribution in [2.24, 2.45) is 0 Å². The third-order valence-corrected chi connectivity index (χ3v) is 2.29. The number of amides is 3. The Morgan fingerprint density at radius 1 is 1.55 bits per heavy atom. The second-order valence-electron chi connectivity index (χ2n) is 2.17. The quantitative estimate of drug-likeness (QED) is 0.453. The fourth-order valence-corrected chi connectivity index (χ4v) is 1.49. The van der Waals surface area contributed by atoms with Crippen molar-refractivity contribution < 1.29 is 9.59 Å². The van der Waals surface area contributed by atoms with Gasteiger partial charge in [0, 0.05) is 12.8 Å².